The normalized spacial score (nSPS) is 10.4. The summed E-state index contributed by atoms with van der Waals surface area (Å²) >= 11 is 3.20. The smallest absolute Gasteiger partial charge is 0.315 e. The van der Waals surface area contributed by atoms with E-state index in [2.05, 4.69) is 21.2 Å². The van der Waals surface area contributed by atoms with Gasteiger partial charge in [-0.1, -0.05) is 15.9 Å². The second-order valence-electron chi connectivity index (χ2n) is 2.81. The fourth-order valence-corrected chi connectivity index (χ4v) is 1.61. The lowest BCUT2D eigenvalue weighted by Crippen LogP contribution is -2.20. The zero-order chi connectivity index (χ0) is 10.7. The number of hydrogen-bond acceptors (Lipinski definition) is 1. The van der Waals surface area contributed by atoms with Crippen LogP contribution in [-0.2, 0) is 4.79 Å². The first-order valence-corrected chi connectivity index (χ1v) is 4.64. The average Bonchev–Trinajstić information content (AvgIpc) is 2.01. The zero-order valence-electron chi connectivity index (χ0n) is 7.35. The number of rotatable bonds is 2. The minimum atomic E-state index is -2.99. The predicted octanol–water partition coefficient (Wildman–Crippen LogP) is 2.96. The first kappa shape index (κ1) is 11.1. The van der Waals surface area contributed by atoms with Crippen molar-refractivity contribution in [3.05, 3.63) is 28.2 Å². The van der Waals surface area contributed by atoms with Gasteiger partial charge in [-0.2, -0.15) is 8.78 Å². The number of anilines is 1. The van der Waals surface area contributed by atoms with E-state index in [1.807, 2.05) is 13.0 Å². The predicted molar refractivity (Wildman–Crippen MR) is 53.5 cm³/mol. The molecule has 0 radical (unpaired) electrons. The highest BCUT2D eigenvalue weighted by atomic mass is 79.9. The molecule has 2 nitrogen and oxygen atoms in total. The Hall–Kier alpha value is -0.970. The number of amides is 1. The summed E-state index contributed by atoms with van der Waals surface area (Å²) in [4.78, 5) is 10.7. The van der Waals surface area contributed by atoms with Gasteiger partial charge in [-0.15, -0.1) is 0 Å². The van der Waals surface area contributed by atoms with E-state index in [1.54, 1.807) is 12.1 Å². The summed E-state index contributed by atoms with van der Waals surface area (Å²) in [6.45, 7) is 1.81. The molecule has 1 aromatic carbocycles. The first-order chi connectivity index (χ1) is 6.49. The molecule has 0 unspecified atom stereocenters. The van der Waals surface area contributed by atoms with E-state index < -0.39 is 12.3 Å². The van der Waals surface area contributed by atoms with Crippen molar-refractivity contribution >= 4 is 27.5 Å². The van der Waals surface area contributed by atoms with Gasteiger partial charge in [0.25, 0.3) is 5.91 Å². The van der Waals surface area contributed by atoms with Crippen molar-refractivity contribution in [2.24, 2.45) is 0 Å². The molecule has 5 heteroatoms. The molecule has 0 heterocycles. The van der Waals surface area contributed by atoms with Crippen LogP contribution >= 0.6 is 15.9 Å². The summed E-state index contributed by atoms with van der Waals surface area (Å²) in [5.41, 5.74) is 1.24. The van der Waals surface area contributed by atoms with Crippen LogP contribution in [0.2, 0.25) is 0 Å². The number of nitrogens with one attached hydrogen (secondary N) is 1. The highest BCUT2D eigenvalue weighted by Gasteiger charge is 2.14. The third-order valence-corrected chi connectivity index (χ3v) is 1.97. The fraction of sp³-hybridized carbons (Fsp3) is 0.222. The molecule has 0 saturated carbocycles. The van der Waals surface area contributed by atoms with Gasteiger partial charge in [0.1, 0.15) is 0 Å². The van der Waals surface area contributed by atoms with E-state index >= 15 is 0 Å². The van der Waals surface area contributed by atoms with Gasteiger partial charge in [-0.3, -0.25) is 4.79 Å². The topological polar surface area (TPSA) is 29.1 Å². The Morgan fingerprint density at radius 1 is 1.43 bits per heavy atom. The van der Waals surface area contributed by atoms with Crippen LogP contribution in [0.4, 0.5) is 14.5 Å². The lowest BCUT2D eigenvalue weighted by Gasteiger charge is -2.05. The van der Waals surface area contributed by atoms with E-state index in [9.17, 15) is 13.6 Å². The van der Waals surface area contributed by atoms with Crippen LogP contribution in [0.5, 0.6) is 0 Å². The number of aryl methyl sites for hydroxylation is 1. The van der Waals surface area contributed by atoms with Crippen LogP contribution in [0.25, 0.3) is 0 Å². The van der Waals surface area contributed by atoms with E-state index in [4.69, 9.17) is 0 Å². The second kappa shape index (κ2) is 4.50. The van der Waals surface area contributed by atoms with Crippen molar-refractivity contribution in [3.63, 3.8) is 0 Å². The lowest BCUT2D eigenvalue weighted by atomic mass is 10.2. The van der Waals surface area contributed by atoms with Gasteiger partial charge in [-0.05, 0) is 30.7 Å². The molecule has 0 atom stereocenters. The largest absolute Gasteiger partial charge is 0.321 e. The first-order valence-electron chi connectivity index (χ1n) is 3.85. The molecule has 1 amide bonds. The molecule has 1 N–H and O–H groups in total. The van der Waals surface area contributed by atoms with Gasteiger partial charge in [0.05, 0.1) is 0 Å². The number of carbonyl (C=O) groups is 1. The fourth-order valence-electron chi connectivity index (χ4n) is 1.01. The van der Waals surface area contributed by atoms with Crippen LogP contribution < -0.4 is 5.32 Å². The summed E-state index contributed by atoms with van der Waals surface area (Å²) in [5, 5.41) is 2.10. The summed E-state index contributed by atoms with van der Waals surface area (Å²) in [7, 11) is 0. The minimum Gasteiger partial charge on any atom is -0.321 e. The third-order valence-electron chi connectivity index (χ3n) is 1.51. The van der Waals surface area contributed by atoms with Crippen molar-refractivity contribution in [1.82, 2.24) is 0 Å². The molecule has 14 heavy (non-hydrogen) atoms. The summed E-state index contributed by atoms with van der Waals surface area (Å²) < 4.78 is 24.5. The van der Waals surface area contributed by atoms with Gasteiger partial charge >= 0.3 is 6.43 Å². The van der Waals surface area contributed by atoms with Gasteiger partial charge in [-0.25, -0.2) is 0 Å². The molecule has 0 aromatic heterocycles. The van der Waals surface area contributed by atoms with E-state index in [0.717, 1.165) is 10.0 Å². The number of halogens is 3. The molecule has 0 bridgehead atoms. The van der Waals surface area contributed by atoms with Crippen molar-refractivity contribution in [1.29, 1.82) is 0 Å². The van der Waals surface area contributed by atoms with Crippen LogP contribution in [0.15, 0.2) is 22.7 Å². The molecule has 0 aliphatic carbocycles. The Balaban J connectivity index is 2.82. The van der Waals surface area contributed by atoms with Crippen molar-refractivity contribution in [2.45, 2.75) is 13.3 Å². The zero-order valence-corrected chi connectivity index (χ0v) is 8.94. The van der Waals surface area contributed by atoms with Crippen LogP contribution in [-0.4, -0.2) is 12.3 Å². The Morgan fingerprint density at radius 3 is 2.57 bits per heavy atom. The van der Waals surface area contributed by atoms with Crippen molar-refractivity contribution in [3.8, 4) is 0 Å². The van der Waals surface area contributed by atoms with Crippen LogP contribution in [0, 0.1) is 6.92 Å². The Kier molecular flexibility index (Phi) is 3.57. The molecular formula is C9H8BrF2NO. The van der Waals surface area contributed by atoms with Gasteiger partial charge < -0.3 is 5.32 Å². The second-order valence-corrected chi connectivity index (χ2v) is 3.72. The highest BCUT2D eigenvalue weighted by molar-refractivity contribution is 9.10. The van der Waals surface area contributed by atoms with E-state index in [-0.39, 0.29) is 0 Å². The summed E-state index contributed by atoms with van der Waals surface area (Å²) in [6.07, 6.45) is -2.99. The molecule has 76 valence electrons. The quantitative estimate of drug-likeness (QED) is 0.874. The molecular weight excluding hydrogens is 256 g/mol. The molecule has 0 fully saturated rings. The Labute approximate surface area is 88.4 Å². The number of hydrogen-bond donors (Lipinski definition) is 1. The monoisotopic (exact) mass is 263 g/mol. The number of carbonyl (C=O) groups excluding carboxylic acids is 1. The molecule has 0 aliphatic rings. The van der Waals surface area contributed by atoms with Crippen LogP contribution in [0.1, 0.15) is 5.56 Å². The Morgan fingerprint density at radius 2 is 2.07 bits per heavy atom. The van der Waals surface area contributed by atoms with Crippen LogP contribution in [0.3, 0.4) is 0 Å². The number of benzene rings is 1. The highest BCUT2D eigenvalue weighted by Crippen LogP contribution is 2.19. The molecule has 0 spiro atoms. The molecule has 0 aliphatic heterocycles. The van der Waals surface area contributed by atoms with Gasteiger partial charge in [0.2, 0.25) is 0 Å². The van der Waals surface area contributed by atoms with E-state index in [0.29, 0.717) is 5.69 Å². The number of alkyl halides is 2. The SMILES string of the molecule is Cc1cc(Br)cc(NC(=O)C(F)F)c1. The molecule has 1 rings (SSSR count). The van der Waals surface area contributed by atoms with Crippen molar-refractivity contribution in [2.75, 3.05) is 5.32 Å². The maximum Gasteiger partial charge on any atom is 0.315 e. The van der Waals surface area contributed by atoms with E-state index in [1.165, 1.54) is 0 Å². The van der Waals surface area contributed by atoms with Gasteiger partial charge in [0, 0.05) is 10.2 Å². The van der Waals surface area contributed by atoms with Gasteiger partial charge in [0.15, 0.2) is 0 Å². The standard InChI is InChI=1S/C9H8BrF2NO/c1-5-2-6(10)4-7(3-5)13-9(14)8(11)12/h2-4,8H,1H3,(H,13,14). The molecule has 0 saturated heterocycles. The Bertz CT molecular complexity index is 334. The maximum absolute atomic E-state index is 11.9. The summed E-state index contributed by atoms with van der Waals surface area (Å²) in [6, 6.07) is 5.00. The third kappa shape index (κ3) is 3.06. The summed E-state index contributed by atoms with van der Waals surface area (Å²) in [5.74, 6) is -1.29. The lowest BCUT2D eigenvalue weighted by molar-refractivity contribution is -0.126. The maximum atomic E-state index is 11.9. The minimum absolute atomic E-state index is 0.363. The van der Waals surface area contributed by atoms with Crippen molar-refractivity contribution < 1.29 is 13.6 Å². The average molecular weight is 264 g/mol. The molecule has 1 aromatic rings.